The van der Waals surface area contributed by atoms with Crippen molar-refractivity contribution in [3.05, 3.63) is 29.6 Å². The lowest BCUT2D eigenvalue weighted by atomic mass is 10.0. The smallest absolute Gasteiger partial charge is 0.123 e. The fourth-order valence-corrected chi connectivity index (χ4v) is 4.15. The van der Waals surface area contributed by atoms with Crippen LogP contribution in [0.15, 0.2) is 18.2 Å². The van der Waals surface area contributed by atoms with Crippen LogP contribution in [-0.2, 0) is 0 Å². The molecule has 0 amide bonds. The third kappa shape index (κ3) is 2.01. The molecule has 0 radical (unpaired) electrons. The van der Waals surface area contributed by atoms with Crippen LogP contribution in [0.4, 0.5) is 4.39 Å². The number of fused-ring (bicyclic) bond motifs is 1. The van der Waals surface area contributed by atoms with Gasteiger partial charge in [-0.25, -0.2) is 4.39 Å². The summed E-state index contributed by atoms with van der Waals surface area (Å²) >= 11 is 6.59. The second-order valence-corrected chi connectivity index (χ2v) is 5.95. The lowest BCUT2D eigenvalue weighted by Gasteiger charge is -2.14. The van der Waals surface area contributed by atoms with E-state index in [2.05, 4.69) is 0 Å². The van der Waals surface area contributed by atoms with Crippen molar-refractivity contribution < 1.29 is 9.13 Å². The van der Waals surface area contributed by atoms with Gasteiger partial charge in [-0.3, -0.25) is 0 Å². The predicted molar refractivity (Wildman–Crippen MR) is 70.5 cm³/mol. The predicted octanol–water partition coefficient (Wildman–Crippen LogP) is 4.55. The van der Waals surface area contributed by atoms with E-state index in [1.54, 1.807) is 13.2 Å². The molecule has 2 aliphatic rings. The van der Waals surface area contributed by atoms with Crippen LogP contribution in [0, 0.1) is 23.6 Å². The third-order valence-electron chi connectivity index (χ3n) is 4.55. The van der Waals surface area contributed by atoms with Gasteiger partial charge in [0.25, 0.3) is 0 Å². The maximum Gasteiger partial charge on any atom is 0.123 e. The Morgan fingerprint density at radius 3 is 2.56 bits per heavy atom. The zero-order valence-corrected chi connectivity index (χ0v) is 11.3. The molecule has 0 aliphatic heterocycles. The van der Waals surface area contributed by atoms with Gasteiger partial charge in [0.05, 0.1) is 12.5 Å². The molecule has 3 heteroatoms. The second-order valence-electron chi connectivity index (χ2n) is 5.48. The molecular weight excluding hydrogens is 251 g/mol. The zero-order valence-electron chi connectivity index (χ0n) is 10.5. The number of halogens is 2. The highest BCUT2D eigenvalue weighted by atomic mass is 35.5. The lowest BCUT2D eigenvalue weighted by Crippen LogP contribution is -2.00. The number of alkyl halides is 1. The first kappa shape index (κ1) is 12.3. The molecule has 3 atom stereocenters. The van der Waals surface area contributed by atoms with E-state index in [9.17, 15) is 4.39 Å². The van der Waals surface area contributed by atoms with E-state index in [4.69, 9.17) is 16.3 Å². The van der Waals surface area contributed by atoms with Crippen molar-refractivity contribution in [2.75, 3.05) is 7.11 Å². The van der Waals surface area contributed by atoms with E-state index in [-0.39, 0.29) is 11.2 Å². The summed E-state index contributed by atoms with van der Waals surface area (Å²) in [5, 5.41) is -0.108. The number of benzene rings is 1. The van der Waals surface area contributed by atoms with Crippen molar-refractivity contribution in [3.8, 4) is 5.75 Å². The van der Waals surface area contributed by atoms with Crippen LogP contribution >= 0.6 is 11.6 Å². The van der Waals surface area contributed by atoms with Crippen LogP contribution in [0.2, 0.25) is 0 Å². The summed E-state index contributed by atoms with van der Waals surface area (Å²) in [4.78, 5) is 0. The van der Waals surface area contributed by atoms with E-state index in [1.807, 2.05) is 0 Å². The SMILES string of the molecule is COc1ccc(F)cc1C(Cl)C1C2CCCCC21. The Labute approximate surface area is 112 Å². The summed E-state index contributed by atoms with van der Waals surface area (Å²) in [5.74, 6) is 2.51. The first-order valence-corrected chi connectivity index (χ1v) is 7.13. The number of hydrogen-bond donors (Lipinski definition) is 0. The van der Waals surface area contributed by atoms with Crippen LogP contribution in [0.25, 0.3) is 0 Å². The van der Waals surface area contributed by atoms with Crippen molar-refractivity contribution in [1.29, 1.82) is 0 Å². The minimum atomic E-state index is -0.236. The average Bonchev–Trinajstić information content (AvgIpc) is 3.12. The van der Waals surface area contributed by atoms with E-state index in [0.717, 1.165) is 17.4 Å². The molecule has 3 rings (SSSR count). The first-order valence-electron chi connectivity index (χ1n) is 6.70. The monoisotopic (exact) mass is 268 g/mol. The van der Waals surface area contributed by atoms with Gasteiger partial charge >= 0.3 is 0 Å². The summed E-state index contributed by atoms with van der Waals surface area (Å²) in [6.07, 6.45) is 5.22. The molecule has 0 spiro atoms. The molecule has 2 saturated carbocycles. The fraction of sp³-hybridized carbons (Fsp3) is 0.600. The normalized spacial score (nSPS) is 31.6. The first-order chi connectivity index (χ1) is 8.72. The number of hydrogen-bond acceptors (Lipinski definition) is 1. The average molecular weight is 269 g/mol. The van der Waals surface area contributed by atoms with Gasteiger partial charge in [-0.1, -0.05) is 12.8 Å². The van der Waals surface area contributed by atoms with E-state index >= 15 is 0 Å². The van der Waals surface area contributed by atoms with Crippen LogP contribution in [0.3, 0.4) is 0 Å². The standard InChI is InChI=1S/C15H18ClFO/c1-18-13-7-6-9(17)8-12(13)15(16)14-10-4-2-3-5-11(10)14/h6-8,10-11,14-15H,2-5H2,1H3. The molecule has 18 heavy (non-hydrogen) atoms. The molecule has 1 nitrogen and oxygen atoms in total. The van der Waals surface area contributed by atoms with E-state index < -0.39 is 0 Å². The zero-order chi connectivity index (χ0) is 12.7. The van der Waals surface area contributed by atoms with Gasteiger partial charge in [-0.05, 0) is 48.8 Å². The molecule has 3 unspecified atom stereocenters. The Morgan fingerprint density at radius 1 is 1.28 bits per heavy atom. The highest BCUT2D eigenvalue weighted by Gasteiger charge is 2.54. The van der Waals surface area contributed by atoms with Crippen molar-refractivity contribution in [3.63, 3.8) is 0 Å². The van der Waals surface area contributed by atoms with Crippen LogP contribution in [0.1, 0.15) is 36.6 Å². The Hall–Kier alpha value is -0.760. The number of methoxy groups -OCH3 is 1. The lowest BCUT2D eigenvalue weighted by molar-refractivity contribution is 0.405. The summed E-state index contributed by atoms with van der Waals surface area (Å²) in [5.41, 5.74) is 0.818. The van der Waals surface area contributed by atoms with E-state index in [1.165, 1.54) is 37.8 Å². The van der Waals surface area contributed by atoms with Crippen molar-refractivity contribution in [1.82, 2.24) is 0 Å². The minimum absolute atomic E-state index is 0.108. The van der Waals surface area contributed by atoms with Gasteiger partial charge in [0.1, 0.15) is 11.6 Å². The van der Waals surface area contributed by atoms with Crippen LogP contribution in [0.5, 0.6) is 5.75 Å². The fourth-order valence-electron chi connectivity index (χ4n) is 3.61. The highest BCUT2D eigenvalue weighted by Crippen LogP contribution is 2.62. The maximum absolute atomic E-state index is 13.4. The largest absolute Gasteiger partial charge is 0.496 e. The van der Waals surface area contributed by atoms with Crippen molar-refractivity contribution in [2.24, 2.45) is 17.8 Å². The third-order valence-corrected chi connectivity index (χ3v) is 5.08. The molecule has 98 valence electrons. The highest BCUT2D eigenvalue weighted by molar-refractivity contribution is 6.21. The van der Waals surface area contributed by atoms with Crippen LogP contribution < -0.4 is 4.74 Å². The summed E-state index contributed by atoms with van der Waals surface area (Å²) in [6.45, 7) is 0. The Bertz CT molecular complexity index is 436. The quantitative estimate of drug-likeness (QED) is 0.731. The van der Waals surface area contributed by atoms with Gasteiger partial charge in [0, 0.05) is 5.56 Å². The van der Waals surface area contributed by atoms with Crippen molar-refractivity contribution >= 4 is 11.6 Å². The molecular formula is C15H18ClFO. The molecule has 1 aromatic carbocycles. The second kappa shape index (κ2) is 4.73. The summed E-state index contributed by atoms with van der Waals surface area (Å²) in [7, 11) is 1.61. The Balaban J connectivity index is 1.84. The van der Waals surface area contributed by atoms with Gasteiger partial charge < -0.3 is 4.74 Å². The Kier molecular flexibility index (Phi) is 3.23. The van der Waals surface area contributed by atoms with Gasteiger partial charge in [-0.15, -0.1) is 11.6 Å². The van der Waals surface area contributed by atoms with Crippen LogP contribution in [-0.4, -0.2) is 7.11 Å². The number of rotatable bonds is 3. The molecule has 0 N–H and O–H groups in total. The molecule has 0 heterocycles. The van der Waals surface area contributed by atoms with Gasteiger partial charge in [-0.2, -0.15) is 0 Å². The summed E-state index contributed by atoms with van der Waals surface area (Å²) in [6, 6.07) is 4.62. The van der Waals surface area contributed by atoms with Gasteiger partial charge in [0.15, 0.2) is 0 Å². The molecule has 2 aliphatic carbocycles. The molecule has 2 fully saturated rings. The van der Waals surface area contributed by atoms with Crippen molar-refractivity contribution in [2.45, 2.75) is 31.1 Å². The molecule has 0 saturated heterocycles. The summed E-state index contributed by atoms with van der Waals surface area (Å²) < 4.78 is 18.7. The van der Waals surface area contributed by atoms with Gasteiger partial charge in [0.2, 0.25) is 0 Å². The Morgan fingerprint density at radius 2 is 1.94 bits per heavy atom. The minimum Gasteiger partial charge on any atom is -0.496 e. The molecule has 0 aromatic heterocycles. The molecule has 0 bridgehead atoms. The molecule has 1 aromatic rings. The van der Waals surface area contributed by atoms with E-state index in [0.29, 0.717) is 11.7 Å². The number of ether oxygens (including phenoxy) is 1. The maximum atomic E-state index is 13.4. The topological polar surface area (TPSA) is 9.23 Å².